The van der Waals surface area contributed by atoms with Crippen molar-refractivity contribution in [3.63, 3.8) is 0 Å². The normalized spacial score (nSPS) is 11.1. The second-order valence-electron chi connectivity index (χ2n) is 7.68. The van der Waals surface area contributed by atoms with E-state index in [2.05, 4.69) is 10.1 Å². The lowest BCUT2D eigenvalue weighted by molar-refractivity contribution is 0.105. The molecule has 5 rings (SSSR count). The Bertz CT molecular complexity index is 1420. The smallest absolute Gasteiger partial charge is 0.282 e. The van der Waals surface area contributed by atoms with Crippen molar-refractivity contribution < 1.29 is 9.47 Å². The number of aromatic amines is 1. The fourth-order valence-electron chi connectivity index (χ4n) is 3.84. The Morgan fingerprint density at radius 3 is 2.24 bits per heavy atom. The summed E-state index contributed by atoms with van der Waals surface area (Å²) < 4.78 is 12.7. The van der Waals surface area contributed by atoms with E-state index >= 15 is 0 Å². The van der Waals surface area contributed by atoms with Gasteiger partial charge < -0.3 is 14.5 Å². The van der Waals surface area contributed by atoms with E-state index < -0.39 is 0 Å². The van der Waals surface area contributed by atoms with Gasteiger partial charge in [0.15, 0.2) is 0 Å². The van der Waals surface area contributed by atoms with E-state index in [-0.39, 0.29) is 12.2 Å². The summed E-state index contributed by atoms with van der Waals surface area (Å²) in [6, 6.07) is 29.1. The number of ether oxygens (including phenoxy) is 2. The molecule has 0 aliphatic carbocycles. The van der Waals surface area contributed by atoms with E-state index in [1.54, 1.807) is 7.11 Å². The maximum absolute atomic E-state index is 13.6. The molecule has 0 saturated heterocycles. The maximum atomic E-state index is 13.6. The van der Waals surface area contributed by atoms with Crippen LogP contribution in [-0.4, -0.2) is 21.7 Å². The summed E-state index contributed by atoms with van der Waals surface area (Å²) in [5.74, 6) is 0.726. The molecule has 3 aromatic carbocycles. The molecule has 0 aliphatic heterocycles. The number of nitrogens with zero attached hydrogens (tertiary/aromatic N) is 2. The van der Waals surface area contributed by atoms with E-state index in [0.717, 1.165) is 28.1 Å². The molecule has 5 aromatic rings. The van der Waals surface area contributed by atoms with Crippen LogP contribution in [0, 0.1) is 0 Å². The molecular weight excluding hydrogens is 414 g/mol. The maximum Gasteiger partial charge on any atom is 0.282 e. The SMILES string of the molecule is COc1ccc(-c2c(COCc3ccccc3)[nH]c3cc(-c4ccccc4)nn3c2=O)cc1. The Morgan fingerprint density at radius 1 is 0.848 bits per heavy atom. The molecule has 0 radical (unpaired) electrons. The van der Waals surface area contributed by atoms with E-state index in [1.807, 2.05) is 91.0 Å². The fraction of sp³-hybridized carbons (Fsp3) is 0.111. The van der Waals surface area contributed by atoms with Crippen molar-refractivity contribution in [2.45, 2.75) is 13.2 Å². The predicted octanol–water partition coefficient (Wildman–Crippen LogP) is 5.08. The number of nitrogens with one attached hydrogen (secondary N) is 1. The van der Waals surface area contributed by atoms with Crippen LogP contribution in [-0.2, 0) is 18.0 Å². The van der Waals surface area contributed by atoms with E-state index in [1.165, 1.54) is 4.52 Å². The van der Waals surface area contributed by atoms with Gasteiger partial charge in [-0.25, -0.2) is 0 Å². The molecule has 0 amide bonds. The third-order valence-electron chi connectivity index (χ3n) is 5.50. The molecule has 0 spiro atoms. The number of aromatic nitrogens is 3. The average molecular weight is 437 g/mol. The van der Waals surface area contributed by atoms with Crippen LogP contribution in [0.5, 0.6) is 5.75 Å². The predicted molar refractivity (Wildman–Crippen MR) is 128 cm³/mol. The number of hydrogen-bond donors (Lipinski definition) is 1. The van der Waals surface area contributed by atoms with Crippen molar-refractivity contribution in [2.75, 3.05) is 7.11 Å². The molecule has 0 atom stereocenters. The molecule has 164 valence electrons. The summed E-state index contributed by atoms with van der Waals surface area (Å²) in [5.41, 5.74) is 5.17. The summed E-state index contributed by atoms with van der Waals surface area (Å²) in [5, 5.41) is 4.58. The van der Waals surface area contributed by atoms with Crippen LogP contribution in [0.15, 0.2) is 95.8 Å². The molecule has 0 fully saturated rings. The van der Waals surface area contributed by atoms with Crippen LogP contribution in [0.1, 0.15) is 11.3 Å². The van der Waals surface area contributed by atoms with Crippen molar-refractivity contribution in [1.29, 1.82) is 0 Å². The van der Waals surface area contributed by atoms with Gasteiger partial charge in [0.25, 0.3) is 5.56 Å². The first-order chi connectivity index (χ1) is 16.2. The van der Waals surface area contributed by atoms with E-state index in [0.29, 0.717) is 23.5 Å². The van der Waals surface area contributed by atoms with Crippen LogP contribution in [0.4, 0.5) is 0 Å². The van der Waals surface area contributed by atoms with Crippen molar-refractivity contribution >= 4 is 5.65 Å². The number of methoxy groups -OCH3 is 1. The van der Waals surface area contributed by atoms with Crippen LogP contribution >= 0.6 is 0 Å². The number of rotatable bonds is 7. The van der Waals surface area contributed by atoms with Crippen molar-refractivity contribution in [3.8, 4) is 28.1 Å². The number of H-pyrrole nitrogens is 1. The number of hydrogen-bond acceptors (Lipinski definition) is 4. The van der Waals surface area contributed by atoms with Crippen LogP contribution < -0.4 is 10.3 Å². The fourth-order valence-corrected chi connectivity index (χ4v) is 3.84. The summed E-state index contributed by atoms with van der Waals surface area (Å²) >= 11 is 0. The second-order valence-corrected chi connectivity index (χ2v) is 7.68. The lowest BCUT2D eigenvalue weighted by Crippen LogP contribution is -2.20. The van der Waals surface area contributed by atoms with Gasteiger partial charge in [-0.15, -0.1) is 0 Å². The minimum absolute atomic E-state index is 0.200. The summed E-state index contributed by atoms with van der Waals surface area (Å²) in [6.07, 6.45) is 0. The average Bonchev–Trinajstić information content (AvgIpc) is 3.30. The number of fused-ring (bicyclic) bond motifs is 1. The molecule has 2 aromatic heterocycles. The first-order valence-electron chi connectivity index (χ1n) is 10.7. The van der Waals surface area contributed by atoms with Gasteiger partial charge >= 0.3 is 0 Å². The van der Waals surface area contributed by atoms with Crippen molar-refractivity contribution in [3.05, 3.63) is 113 Å². The van der Waals surface area contributed by atoms with Gasteiger partial charge in [0.2, 0.25) is 0 Å². The van der Waals surface area contributed by atoms with Gasteiger partial charge in [0.05, 0.1) is 37.3 Å². The van der Waals surface area contributed by atoms with Crippen LogP contribution in [0.3, 0.4) is 0 Å². The highest BCUT2D eigenvalue weighted by atomic mass is 16.5. The van der Waals surface area contributed by atoms with Gasteiger partial charge in [0, 0.05) is 11.6 Å². The van der Waals surface area contributed by atoms with Gasteiger partial charge in [-0.2, -0.15) is 9.61 Å². The Labute approximate surface area is 191 Å². The standard InChI is InChI=1S/C27H23N3O3/c1-32-22-14-12-21(13-15-22)26-24(18-33-17-19-8-4-2-5-9-19)28-25-16-23(29-30(25)27(26)31)20-10-6-3-7-11-20/h2-16,28H,17-18H2,1H3. The van der Waals surface area contributed by atoms with Gasteiger partial charge in [-0.05, 0) is 23.3 Å². The molecule has 33 heavy (non-hydrogen) atoms. The highest BCUT2D eigenvalue weighted by Gasteiger charge is 2.17. The van der Waals surface area contributed by atoms with Crippen molar-refractivity contribution in [1.82, 2.24) is 14.6 Å². The van der Waals surface area contributed by atoms with Gasteiger partial charge in [-0.3, -0.25) is 4.79 Å². The molecule has 0 saturated carbocycles. The molecule has 2 heterocycles. The summed E-state index contributed by atoms with van der Waals surface area (Å²) in [6.45, 7) is 0.707. The first-order valence-corrected chi connectivity index (χ1v) is 10.7. The summed E-state index contributed by atoms with van der Waals surface area (Å²) in [4.78, 5) is 17.0. The quantitative estimate of drug-likeness (QED) is 0.385. The zero-order valence-corrected chi connectivity index (χ0v) is 18.2. The molecule has 0 aliphatic rings. The van der Waals surface area contributed by atoms with Gasteiger partial charge in [-0.1, -0.05) is 72.8 Å². The van der Waals surface area contributed by atoms with Crippen LogP contribution in [0.2, 0.25) is 0 Å². The van der Waals surface area contributed by atoms with E-state index in [9.17, 15) is 4.79 Å². The second kappa shape index (κ2) is 9.14. The molecule has 6 nitrogen and oxygen atoms in total. The Morgan fingerprint density at radius 2 is 1.55 bits per heavy atom. The lowest BCUT2D eigenvalue weighted by Gasteiger charge is -2.12. The van der Waals surface area contributed by atoms with Crippen molar-refractivity contribution in [2.24, 2.45) is 0 Å². The lowest BCUT2D eigenvalue weighted by atomic mass is 10.1. The zero-order valence-electron chi connectivity index (χ0n) is 18.2. The molecule has 0 unspecified atom stereocenters. The highest BCUT2D eigenvalue weighted by molar-refractivity contribution is 5.69. The topological polar surface area (TPSA) is 68.6 Å². The zero-order chi connectivity index (χ0) is 22.6. The van der Waals surface area contributed by atoms with E-state index in [4.69, 9.17) is 9.47 Å². The Kier molecular flexibility index (Phi) is 5.74. The largest absolute Gasteiger partial charge is 0.497 e. The third-order valence-corrected chi connectivity index (χ3v) is 5.50. The minimum atomic E-state index is -0.200. The van der Waals surface area contributed by atoms with Gasteiger partial charge in [0.1, 0.15) is 11.4 Å². The molecule has 0 bridgehead atoms. The minimum Gasteiger partial charge on any atom is -0.497 e. The molecule has 1 N–H and O–H groups in total. The molecular formula is C27H23N3O3. The third kappa shape index (κ3) is 4.29. The van der Waals surface area contributed by atoms with Crippen LogP contribution in [0.25, 0.3) is 28.0 Å². The Balaban J connectivity index is 1.57. The summed E-state index contributed by atoms with van der Waals surface area (Å²) in [7, 11) is 1.62. The first kappa shape index (κ1) is 20.7. The Hall–Kier alpha value is -4.16. The highest BCUT2D eigenvalue weighted by Crippen LogP contribution is 2.25. The molecule has 6 heteroatoms. The monoisotopic (exact) mass is 437 g/mol. The number of benzene rings is 3.